The van der Waals surface area contributed by atoms with Crippen molar-refractivity contribution in [3.8, 4) is 0 Å². The summed E-state index contributed by atoms with van der Waals surface area (Å²) in [6, 6.07) is 0. The molecule has 0 heterocycles. The molecule has 4 nitrogen and oxygen atoms in total. The molecule has 0 saturated heterocycles. The van der Waals surface area contributed by atoms with Crippen molar-refractivity contribution in [3.63, 3.8) is 0 Å². The average molecular weight is 189 g/mol. The molecule has 0 aromatic heterocycles. The minimum absolute atomic E-state index is 0.0646. The predicted molar refractivity (Wildman–Crippen MR) is 47.7 cm³/mol. The number of thiol groups is 1. The maximum Gasteiger partial charge on any atom is 0.307 e. The van der Waals surface area contributed by atoms with Crippen molar-refractivity contribution in [2.45, 2.75) is 12.8 Å². The molecule has 0 fully saturated rings. The SMILES string of the molecule is C=CCC(CC(=O)NS)C(=O)O. The van der Waals surface area contributed by atoms with Crippen LogP contribution in [0.25, 0.3) is 0 Å². The zero-order valence-corrected chi connectivity index (χ0v) is 7.38. The number of hydrogen-bond acceptors (Lipinski definition) is 3. The molecule has 2 N–H and O–H groups in total. The Balaban J connectivity index is 4.03. The number of hydrogen-bond donors (Lipinski definition) is 3. The zero-order chi connectivity index (χ0) is 9.56. The fraction of sp³-hybridized carbons (Fsp3) is 0.429. The van der Waals surface area contributed by atoms with Gasteiger partial charge >= 0.3 is 5.97 Å². The summed E-state index contributed by atoms with van der Waals surface area (Å²) in [6.07, 6.45) is 1.70. The first-order chi connectivity index (χ1) is 5.61. The minimum atomic E-state index is -0.994. The van der Waals surface area contributed by atoms with Crippen LogP contribution in [0.1, 0.15) is 12.8 Å². The molecular formula is C7H11NO3S. The minimum Gasteiger partial charge on any atom is -0.481 e. The van der Waals surface area contributed by atoms with Gasteiger partial charge in [0, 0.05) is 6.42 Å². The van der Waals surface area contributed by atoms with Gasteiger partial charge in [0.15, 0.2) is 0 Å². The molecule has 5 heteroatoms. The summed E-state index contributed by atoms with van der Waals surface area (Å²) in [6.45, 7) is 3.40. The highest BCUT2D eigenvalue weighted by Crippen LogP contribution is 2.09. The summed E-state index contributed by atoms with van der Waals surface area (Å²) in [5.41, 5.74) is 0. The lowest BCUT2D eigenvalue weighted by molar-refractivity contribution is -0.143. The molecule has 68 valence electrons. The van der Waals surface area contributed by atoms with E-state index < -0.39 is 17.8 Å². The topological polar surface area (TPSA) is 66.4 Å². The standard InChI is InChI=1S/C7H11NO3S/c1-2-3-5(7(10)11)4-6(9)8-12/h2,5,12H,1,3-4H2,(H,8,9)(H,10,11). The first-order valence-electron chi connectivity index (χ1n) is 3.38. The second-order valence-electron chi connectivity index (χ2n) is 2.30. The largest absolute Gasteiger partial charge is 0.481 e. The molecule has 1 unspecified atom stereocenters. The number of carbonyl (C=O) groups is 2. The van der Waals surface area contributed by atoms with E-state index in [2.05, 4.69) is 24.1 Å². The van der Waals surface area contributed by atoms with Crippen LogP contribution in [0.5, 0.6) is 0 Å². The number of carbonyl (C=O) groups excluding carboxylic acids is 1. The van der Waals surface area contributed by atoms with Crippen molar-refractivity contribution in [1.29, 1.82) is 0 Å². The first kappa shape index (κ1) is 11.0. The molecule has 0 saturated carbocycles. The summed E-state index contributed by atoms with van der Waals surface area (Å²) < 4.78 is 2.07. The average Bonchev–Trinajstić information content (AvgIpc) is 2.03. The molecule has 0 radical (unpaired) electrons. The fourth-order valence-electron chi connectivity index (χ4n) is 0.742. The molecule has 0 spiro atoms. The Bertz CT molecular complexity index is 193. The summed E-state index contributed by atoms with van der Waals surface area (Å²) in [7, 11) is 0. The van der Waals surface area contributed by atoms with Crippen LogP contribution in [-0.2, 0) is 9.59 Å². The van der Waals surface area contributed by atoms with Gasteiger partial charge in [0.05, 0.1) is 5.92 Å². The number of carboxylic acid groups (broad SMARTS) is 1. The quantitative estimate of drug-likeness (QED) is 0.438. The third-order valence-corrected chi connectivity index (χ3v) is 1.61. The lowest BCUT2D eigenvalue weighted by Gasteiger charge is -2.07. The summed E-state index contributed by atoms with van der Waals surface area (Å²) in [5, 5.41) is 8.60. The van der Waals surface area contributed by atoms with Gasteiger partial charge in [0.25, 0.3) is 0 Å². The second kappa shape index (κ2) is 5.65. The van der Waals surface area contributed by atoms with E-state index in [0.29, 0.717) is 0 Å². The van der Waals surface area contributed by atoms with Gasteiger partial charge in [-0.3, -0.25) is 9.59 Å². The summed E-state index contributed by atoms with van der Waals surface area (Å²) in [4.78, 5) is 21.2. The van der Waals surface area contributed by atoms with Crippen molar-refractivity contribution in [3.05, 3.63) is 12.7 Å². The third-order valence-electron chi connectivity index (χ3n) is 1.36. The molecular weight excluding hydrogens is 178 g/mol. The van der Waals surface area contributed by atoms with E-state index in [-0.39, 0.29) is 12.8 Å². The highest BCUT2D eigenvalue weighted by Gasteiger charge is 2.18. The summed E-state index contributed by atoms with van der Waals surface area (Å²) >= 11 is 3.51. The van der Waals surface area contributed by atoms with E-state index in [1.54, 1.807) is 0 Å². The Labute approximate surface area is 76.2 Å². The molecule has 1 amide bonds. The molecule has 0 aliphatic rings. The third kappa shape index (κ3) is 4.02. The van der Waals surface area contributed by atoms with E-state index in [0.717, 1.165) is 0 Å². The van der Waals surface area contributed by atoms with Crippen LogP contribution < -0.4 is 4.72 Å². The maximum atomic E-state index is 10.7. The normalized spacial score (nSPS) is 11.8. The van der Waals surface area contributed by atoms with Crippen LogP contribution in [0, 0.1) is 5.92 Å². The Hall–Kier alpha value is -0.970. The van der Waals surface area contributed by atoms with E-state index in [1.165, 1.54) is 6.08 Å². The van der Waals surface area contributed by atoms with Crippen molar-refractivity contribution < 1.29 is 14.7 Å². The van der Waals surface area contributed by atoms with Crippen molar-refractivity contribution in [2.75, 3.05) is 0 Å². The van der Waals surface area contributed by atoms with Crippen LogP contribution in [0.4, 0.5) is 0 Å². The van der Waals surface area contributed by atoms with Crippen molar-refractivity contribution >= 4 is 24.7 Å². The monoisotopic (exact) mass is 189 g/mol. The zero-order valence-electron chi connectivity index (χ0n) is 6.49. The molecule has 0 aromatic rings. The first-order valence-corrected chi connectivity index (χ1v) is 3.83. The van der Waals surface area contributed by atoms with Gasteiger partial charge in [-0.15, -0.1) is 6.58 Å². The molecule has 0 aromatic carbocycles. The van der Waals surface area contributed by atoms with Gasteiger partial charge in [0.2, 0.25) is 5.91 Å². The van der Waals surface area contributed by atoms with Gasteiger partial charge in [0.1, 0.15) is 0 Å². The lowest BCUT2D eigenvalue weighted by Crippen LogP contribution is -2.22. The number of amides is 1. The van der Waals surface area contributed by atoms with Crippen molar-refractivity contribution in [1.82, 2.24) is 4.72 Å². The maximum absolute atomic E-state index is 10.7. The Morgan fingerprint density at radius 2 is 2.25 bits per heavy atom. The highest BCUT2D eigenvalue weighted by atomic mass is 32.1. The van der Waals surface area contributed by atoms with E-state index in [1.807, 2.05) is 0 Å². The van der Waals surface area contributed by atoms with Crippen LogP contribution in [0.15, 0.2) is 12.7 Å². The Morgan fingerprint density at radius 3 is 2.58 bits per heavy atom. The lowest BCUT2D eigenvalue weighted by atomic mass is 10.0. The highest BCUT2D eigenvalue weighted by molar-refractivity contribution is 7.78. The van der Waals surface area contributed by atoms with Crippen LogP contribution >= 0.6 is 12.8 Å². The number of nitrogens with one attached hydrogen (secondary N) is 1. The van der Waals surface area contributed by atoms with E-state index in [4.69, 9.17) is 5.11 Å². The number of aliphatic carboxylic acids is 1. The second-order valence-corrected chi connectivity index (χ2v) is 2.52. The van der Waals surface area contributed by atoms with Gasteiger partial charge < -0.3 is 9.83 Å². The summed E-state index contributed by atoms with van der Waals surface area (Å²) in [5.74, 6) is -2.09. The van der Waals surface area contributed by atoms with Gasteiger partial charge in [-0.05, 0) is 6.42 Å². The van der Waals surface area contributed by atoms with Gasteiger partial charge in [-0.2, -0.15) is 0 Å². The smallest absolute Gasteiger partial charge is 0.307 e. The Morgan fingerprint density at radius 1 is 1.67 bits per heavy atom. The van der Waals surface area contributed by atoms with Gasteiger partial charge in [-0.25, -0.2) is 0 Å². The molecule has 0 aliphatic carbocycles. The van der Waals surface area contributed by atoms with Crippen molar-refractivity contribution in [2.24, 2.45) is 5.92 Å². The molecule has 12 heavy (non-hydrogen) atoms. The number of carboxylic acids is 1. The molecule has 0 bridgehead atoms. The van der Waals surface area contributed by atoms with Crippen LogP contribution in [0.3, 0.4) is 0 Å². The van der Waals surface area contributed by atoms with E-state index in [9.17, 15) is 9.59 Å². The van der Waals surface area contributed by atoms with Gasteiger partial charge in [-0.1, -0.05) is 18.9 Å². The number of allylic oxidation sites excluding steroid dienone is 1. The van der Waals surface area contributed by atoms with Crippen LogP contribution in [0.2, 0.25) is 0 Å². The molecule has 0 aliphatic heterocycles. The van der Waals surface area contributed by atoms with Crippen LogP contribution in [-0.4, -0.2) is 17.0 Å². The fourth-order valence-corrected chi connectivity index (χ4v) is 0.833. The molecule has 1 atom stereocenters. The number of rotatable bonds is 5. The molecule has 0 rings (SSSR count). The Kier molecular flexibility index (Phi) is 5.19. The van der Waals surface area contributed by atoms with E-state index >= 15 is 0 Å². The predicted octanol–water partition coefficient (Wildman–Crippen LogP) is 0.614.